The number of pyridine rings is 1. The van der Waals surface area contributed by atoms with E-state index in [4.69, 9.17) is 0 Å². The minimum absolute atomic E-state index is 0.166. The Labute approximate surface area is 78.4 Å². The number of ketones is 1. The summed E-state index contributed by atoms with van der Waals surface area (Å²) in [6.45, 7) is 1.58. The van der Waals surface area contributed by atoms with Crippen molar-refractivity contribution in [2.75, 3.05) is 19.0 Å². The average Bonchev–Trinajstić information content (AvgIpc) is 2.04. The van der Waals surface area contributed by atoms with Gasteiger partial charge in [-0.05, 0) is 18.6 Å². The standard InChI is InChI=1S/C10H14N2O/c1-8(13)6-9-4-5-10(11-7-9)12(2)3/h4-5,7H,6H2,1-3H3. The van der Waals surface area contributed by atoms with E-state index in [9.17, 15) is 4.79 Å². The van der Waals surface area contributed by atoms with Crippen LogP contribution in [0.4, 0.5) is 5.82 Å². The van der Waals surface area contributed by atoms with Gasteiger partial charge in [0.25, 0.3) is 0 Å². The van der Waals surface area contributed by atoms with Crippen molar-refractivity contribution in [3.8, 4) is 0 Å². The molecule has 0 amide bonds. The molecule has 3 heteroatoms. The maximum Gasteiger partial charge on any atom is 0.134 e. The summed E-state index contributed by atoms with van der Waals surface area (Å²) in [5, 5.41) is 0. The molecule has 0 unspecified atom stereocenters. The molecule has 0 fully saturated rings. The van der Waals surface area contributed by atoms with Crippen molar-refractivity contribution < 1.29 is 4.79 Å². The molecule has 1 rings (SSSR count). The third-order valence-corrected chi connectivity index (χ3v) is 1.72. The second-order valence-electron chi connectivity index (χ2n) is 3.30. The lowest BCUT2D eigenvalue weighted by Gasteiger charge is -2.10. The van der Waals surface area contributed by atoms with Crippen molar-refractivity contribution in [1.82, 2.24) is 4.98 Å². The minimum atomic E-state index is 0.166. The summed E-state index contributed by atoms with van der Waals surface area (Å²) in [6.07, 6.45) is 2.22. The van der Waals surface area contributed by atoms with Crippen LogP contribution in [0.15, 0.2) is 18.3 Å². The van der Waals surface area contributed by atoms with Crippen LogP contribution < -0.4 is 4.90 Å². The molecule has 1 aromatic heterocycles. The Hall–Kier alpha value is -1.38. The predicted octanol–water partition coefficient (Wildman–Crippen LogP) is 1.28. The molecule has 0 N–H and O–H groups in total. The van der Waals surface area contributed by atoms with E-state index in [0.29, 0.717) is 6.42 Å². The van der Waals surface area contributed by atoms with Gasteiger partial charge >= 0.3 is 0 Å². The molecule has 0 saturated heterocycles. The van der Waals surface area contributed by atoms with Crippen LogP contribution in [0.1, 0.15) is 12.5 Å². The number of hydrogen-bond acceptors (Lipinski definition) is 3. The molecule has 0 bridgehead atoms. The summed E-state index contributed by atoms with van der Waals surface area (Å²) < 4.78 is 0. The number of nitrogens with zero attached hydrogens (tertiary/aromatic N) is 2. The molecule has 0 atom stereocenters. The van der Waals surface area contributed by atoms with Gasteiger partial charge < -0.3 is 4.90 Å². The highest BCUT2D eigenvalue weighted by Crippen LogP contribution is 2.08. The molecule has 13 heavy (non-hydrogen) atoms. The first-order chi connectivity index (χ1) is 6.09. The van der Waals surface area contributed by atoms with Crippen LogP contribution in [0.5, 0.6) is 0 Å². The predicted molar refractivity (Wildman–Crippen MR) is 52.9 cm³/mol. The fraction of sp³-hybridized carbons (Fsp3) is 0.400. The molecule has 0 aliphatic heterocycles. The number of hydrogen-bond donors (Lipinski definition) is 0. The van der Waals surface area contributed by atoms with Crippen molar-refractivity contribution in [3.63, 3.8) is 0 Å². The van der Waals surface area contributed by atoms with Crippen molar-refractivity contribution in [2.24, 2.45) is 0 Å². The van der Waals surface area contributed by atoms with E-state index in [1.165, 1.54) is 0 Å². The molecule has 0 radical (unpaired) electrons. The molecule has 0 aliphatic carbocycles. The maximum atomic E-state index is 10.8. The number of aromatic nitrogens is 1. The fourth-order valence-electron chi connectivity index (χ4n) is 1.07. The van der Waals surface area contributed by atoms with Crippen molar-refractivity contribution >= 4 is 11.6 Å². The zero-order chi connectivity index (χ0) is 9.84. The van der Waals surface area contributed by atoms with E-state index in [1.807, 2.05) is 31.1 Å². The lowest BCUT2D eigenvalue weighted by atomic mass is 10.1. The highest BCUT2D eigenvalue weighted by molar-refractivity contribution is 5.78. The van der Waals surface area contributed by atoms with Crippen molar-refractivity contribution in [3.05, 3.63) is 23.9 Å². The Morgan fingerprint density at radius 3 is 2.54 bits per heavy atom. The normalized spacial score (nSPS) is 9.77. The largest absolute Gasteiger partial charge is 0.363 e. The summed E-state index contributed by atoms with van der Waals surface area (Å²) >= 11 is 0. The number of carbonyl (C=O) groups excluding carboxylic acids is 1. The summed E-state index contributed by atoms with van der Waals surface area (Å²) in [4.78, 5) is 16.9. The highest BCUT2D eigenvalue weighted by Gasteiger charge is 1.99. The Balaban J connectivity index is 2.75. The molecule has 3 nitrogen and oxygen atoms in total. The fourth-order valence-corrected chi connectivity index (χ4v) is 1.07. The van der Waals surface area contributed by atoms with Crippen LogP contribution in [-0.4, -0.2) is 24.9 Å². The van der Waals surface area contributed by atoms with Gasteiger partial charge in [0.05, 0.1) is 0 Å². The molecule has 0 spiro atoms. The Kier molecular flexibility index (Phi) is 3.01. The zero-order valence-electron chi connectivity index (χ0n) is 8.24. The third-order valence-electron chi connectivity index (χ3n) is 1.72. The summed E-state index contributed by atoms with van der Waals surface area (Å²) in [5.74, 6) is 1.08. The molecule has 0 saturated carbocycles. The van der Waals surface area contributed by atoms with Gasteiger partial charge in [-0.2, -0.15) is 0 Å². The summed E-state index contributed by atoms with van der Waals surface area (Å²) in [5.41, 5.74) is 0.970. The van der Waals surface area contributed by atoms with Gasteiger partial charge in [-0.3, -0.25) is 4.79 Å². The number of Topliss-reactive ketones (excluding diaryl/α,β-unsaturated/α-hetero) is 1. The Bertz CT molecular complexity index is 290. The molecular formula is C10H14N2O. The first-order valence-corrected chi connectivity index (χ1v) is 4.21. The van der Waals surface area contributed by atoms with Crippen LogP contribution in [0.25, 0.3) is 0 Å². The Morgan fingerprint density at radius 1 is 1.46 bits per heavy atom. The first kappa shape index (κ1) is 9.71. The molecule has 0 aromatic carbocycles. The average molecular weight is 178 g/mol. The number of anilines is 1. The van der Waals surface area contributed by atoms with Gasteiger partial charge in [0.15, 0.2) is 0 Å². The Morgan fingerprint density at radius 2 is 2.15 bits per heavy atom. The van der Waals surface area contributed by atoms with Gasteiger partial charge in [0.1, 0.15) is 11.6 Å². The van der Waals surface area contributed by atoms with Crippen molar-refractivity contribution in [2.45, 2.75) is 13.3 Å². The van der Waals surface area contributed by atoms with E-state index in [0.717, 1.165) is 11.4 Å². The van der Waals surface area contributed by atoms with Crippen molar-refractivity contribution in [1.29, 1.82) is 0 Å². The molecule has 0 aliphatic rings. The van der Waals surface area contributed by atoms with E-state index < -0.39 is 0 Å². The van der Waals surface area contributed by atoms with Gasteiger partial charge in [-0.25, -0.2) is 4.98 Å². The lowest BCUT2D eigenvalue weighted by Crippen LogP contribution is -2.10. The SMILES string of the molecule is CC(=O)Cc1ccc(N(C)C)nc1. The van der Waals surface area contributed by atoms with Crippen LogP contribution in [0.3, 0.4) is 0 Å². The second kappa shape index (κ2) is 4.03. The molecule has 1 heterocycles. The minimum Gasteiger partial charge on any atom is -0.363 e. The van der Waals surface area contributed by atoms with Crippen LogP contribution in [-0.2, 0) is 11.2 Å². The lowest BCUT2D eigenvalue weighted by molar-refractivity contribution is -0.116. The van der Waals surface area contributed by atoms with Crippen LogP contribution >= 0.6 is 0 Å². The molecule has 1 aromatic rings. The van der Waals surface area contributed by atoms with Crippen LogP contribution in [0, 0.1) is 0 Å². The molecule has 70 valence electrons. The number of rotatable bonds is 3. The van der Waals surface area contributed by atoms with E-state index >= 15 is 0 Å². The van der Waals surface area contributed by atoms with Gasteiger partial charge in [0.2, 0.25) is 0 Å². The monoisotopic (exact) mass is 178 g/mol. The van der Waals surface area contributed by atoms with Gasteiger partial charge in [-0.1, -0.05) is 6.07 Å². The smallest absolute Gasteiger partial charge is 0.134 e. The first-order valence-electron chi connectivity index (χ1n) is 4.21. The highest BCUT2D eigenvalue weighted by atomic mass is 16.1. The maximum absolute atomic E-state index is 10.8. The topological polar surface area (TPSA) is 33.2 Å². The molecular weight excluding hydrogens is 164 g/mol. The van der Waals surface area contributed by atoms with Gasteiger partial charge in [0, 0.05) is 26.7 Å². The van der Waals surface area contributed by atoms with E-state index in [1.54, 1.807) is 13.1 Å². The zero-order valence-corrected chi connectivity index (χ0v) is 8.24. The second-order valence-corrected chi connectivity index (χ2v) is 3.30. The summed E-state index contributed by atoms with van der Waals surface area (Å²) in [6, 6.07) is 3.85. The number of carbonyl (C=O) groups is 1. The van der Waals surface area contributed by atoms with Crippen LogP contribution in [0.2, 0.25) is 0 Å². The van der Waals surface area contributed by atoms with Gasteiger partial charge in [-0.15, -0.1) is 0 Å². The third kappa shape index (κ3) is 2.86. The quantitative estimate of drug-likeness (QED) is 0.699. The van der Waals surface area contributed by atoms with E-state index in [2.05, 4.69) is 4.98 Å². The summed E-state index contributed by atoms with van der Waals surface area (Å²) in [7, 11) is 3.87. The van der Waals surface area contributed by atoms with E-state index in [-0.39, 0.29) is 5.78 Å².